The number of halogens is 1. The van der Waals surface area contributed by atoms with Gasteiger partial charge in [0.05, 0.1) is 13.2 Å². The van der Waals surface area contributed by atoms with Crippen molar-refractivity contribution in [2.75, 3.05) is 40.0 Å². The number of rotatable bonds is 8. The van der Waals surface area contributed by atoms with E-state index in [2.05, 4.69) is 51.4 Å². The Morgan fingerprint density at radius 3 is 2.61 bits per heavy atom. The fourth-order valence-corrected chi connectivity index (χ4v) is 3.74. The molecule has 2 aromatic carbocycles. The van der Waals surface area contributed by atoms with E-state index in [1.807, 2.05) is 18.2 Å². The Hall–Kier alpha value is -1.92. The fraction of sp³-hybridized carbons (Fsp3) is 0.409. The molecule has 28 heavy (non-hydrogen) atoms. The summed E-state index contributed by atoms with van der Waals surface area (Å²) in [4.78, 5) is 13.7. The van der Waals surface area contributed by atoms with Gasteiger partial charge in [-0.2, -0.15) is 0 Å². The first-order valence-electron chi connectivity index (χ1n) is 9.60. The summed E-state index contributed by atoms with van der Waals surface area (Å²) in [6.07, 6.45) is 0.843. The van der Waals surface area contributed by atoms with Crippen molar-refractivity contribution in [3.63, 3.8) is 0 Å². The molecule has 3 rings (SSSR count). The molecule has 0 aromatic heterocycles. The molecular weight excluding hydrogens is 376 g/mol. The Kier molecular flexibility index (Phi) is 7.86. The normalized spacial score (nSPS) is 18.6. The Balaban J connectivity index is 1.68. The molecule has 1 N–H and O–H groups in total. The smallest absolute Gasteiger partial charge is 0.331 e. The number of carbonyl (C=O) groups is 1. The van der Waals surface area contributed by atoms with E-state index in [-0.39, 0.29) is 18.6 Å². The molecule has 2 atom stereocenters. The van der Waals surface area contributed by atoms with Crippen molar-refractivity contribution in [3.05, 3.63) is 70.7 Å². The molecule has 1 heterocycles. The molecule has 2 aromatic rings. The van der Waals surface area contributed by atoms with Crippen LogP contribution in [0.1, 0.15) is 23.6 Å². The molecule has 1 aliphatic rings. The molecule has 0 saturated carbocycles. The SMILES string of the molecule is COC(=O)COCCC1CN(C(c2ccccc2)c2ccc(Cl)cc2)CCN1. The van der Waals surface area contributed by atoms with Gasteiger partial charge in [0, 0.05) is 37.3 Å². The zero-order valence-corrected chi connectivity index (χ0v) is 16.9. The van der Waals surface area contributed by atoms with Crippen LogP contribution in [0.25, 0.3) is 0 Å². The molecule has 0 aliphatic carbocycles. The molecule has 5 nitrogen and oxygen atoms in total. The molecule has 1 aliphatic heterocycles. The number of hydrogen-bond acceptors (Lipinski definition) is 5. The molecule has 150 valence electrons. The summed E-state index contributed by atoms with van der Waals surface area (Å²) in [7, 11) is 1.37. The third kappa shape index (κ3) is 5.79. The zero-order valence-electron chi connectivity index (χ0n) is 16.1. The lowest BCUT2D eigenvalue weighted by Crippen LogP contribution is -2.52. The monoisotopic (exact) mass is 402 g/mol. The van der Waals surface area contributed by atoms with Gasteiger partial charge in [0.15, 0.2) is 0 Å². The van der Waals surface area contributed by atoms with Crippen LogP contribution in [0.2, 0.25) is 5.02 Å². The number of nitrogens with zero attached hydrogens (tertiary/aromatic N) is 1. The van der Waals surface area contributed by atoms with E-state index in [0.717, 1.165) is 31.1 Å². The first-order valence-corrected chi connectivity index (χ1v) is 9.97. The third-order valence-corrected chi connectivity index (χ3v) is 5.26. The highest BCUT2D eigenvalue weighted by Crippen LogP contribution is 2.30. The average Bonchev–Trinajstić information content (AvgIpc) is 2.74. The van der Waals surface area contributed by atoms with Crippen LogP contribution in [0.15, 0.2) is 54.6 Å². The molecule has 6 heteroatoms. The van der Waals surface area contributed by atoms with Crippen LogP contribution in [-0.2, 0) is 14.3 Å². The van der Waals surface area contributed by atoms with E-state index in [1.54, 1.807) is 0 Å². The Morgan fingerprint density at radius 2 is 1.89 bits per heavy atom. The summed E-state index contributed by atoms with van der Waals surface area (Å²) in [6.45, 7) is 3.31. The first kappa shape index (κ1) is 20.8. The second-order valence-corrected chi connectivity index (χ2v) is 7.36. The highest BCUT2D eigenvalue weighted by Gasteiger charge is 2.27. The number of carbonyl (C=O) groups excluding carboxylic acids is 1. The van der Waals surface area contributed by atoms with Crippen LogP contribution < -0.4 is 5.32 Å². The molecule has 2 unspecified atom stereocenters. The van der Waals surface area contributed by atoms with Crippen LogP contribution in [0, 0.1) is 0 Å². The van der Waals surface area contributed by atoms with Crippen LogP contribution in [-0.4, -0.2) is 56.9 Å². The Morgan fingerprint density at radius 1 is 1.18 bits per heavy atom. The predicted molar refractivity (Wildman–Crippen MR) is 111 cm³/mol. The van der Waals surface area contributed by atoms with E-state index < -0.39 is 0 Å². The first-order chi connectivity index (χ1) is 13.7. The van der Waals surface area contributed by atoms with Crippen LogP contribution >= 0.6 is 11.6 Å². The van der Waals surface area contributed by atoms with Crippen LogP contribution in [0.3, 0.4) is 0 Å². The van der Waals surface area contributed by atoms with E-state index >= 15 is 0 Å². The van der Waals surface area contributed by atoms with Gasteiger partial charge >= 0.3 is 5.97 Å². The van der Waals surface area contributed by atoms with Crippen LogP contribution in [0.4, 0.5) is 0 Å². The van der Waals surface area contributed by atoms with E-state index in [0.29, 0.717) is 12.6 Å². The van der Waals surface area contributed by atoms with E-state index in [1.165, 1.54) is 18.2 Å². The number of nitrogens with one attached hydrogen (secondary N) is 1. The molecule has 1 saturated heterocycles. The average molecular weight is 403 g/mol. The number of methoxy groups -OCH3 is 1. The quantitative estimate of drug-likeness (QED) is 0.542. The highest BCUT2D eigenvalue weighted by atomic mass is 35.5. The lowest BCUT2D eigenvalue weighted by molar-refractivity contribution is -0.146. The Labute approximate surface area is 171 Å². The summed E-state index contributed by atoms with van der Waals surface area (Å²) in [5.74, 6) is -0.342. The van der Waals surface area contributed by atoms with Crippen molar-refractivity contribution in [3.8, 4) is 0 Å². The summed E-state index contributed by atoms with van der Waals surface area (Å²) < 4.78 is 10.0. The summed E-state index contributed by atoms with van der Waals surface area (Å²) in [5.41, 5.74) is 2.51. The number of esters is 1. The van der Waals surface area contributed by atoms with Crippen molar-refractivity contribution in [1.29, 1.82) is 0 Å². The van der Waals surface area contributed by atoms with Crippen molar-refractivity contribution in [1.82, 2.24) is 10.2 Å². The number of piperazine rings is 1. The summed E-state index contributed by atoms with van der Waals surface area (Å²) in [5, 5.41) is 4.31. The van der Waals surface area contributed by atoms with Gasteiger partial charge in [-0.25, -0.2) is 4.79 Å². The molecule has 0 spiro atoms. The van der Waals surface area contributed by atoms with Gasteiger partial charge in [-0.3, -0.25) is 4.90 Å². The maximum Gasteiger partial charge on any atom is 0.331 e. The van der Waals surface area contributed by atoms with Gasteiger partial charge in [-0.05, 0) is 29.7 Å². The largest absolute Gasteiger partial charge is 0.467 e. The molecule has 0 amide bonds. The lowest BCUT2D eigenvalue weighted by atomic mass is 9.95. The van der Waals surface area contributed by atoms with E-state index in [9.17, 15) is 4.79 Å². The van der Waals surface area contributed by atoms with Gasteiger partial charge in [0.25, 0.3) is 0 Å². The molecule has 0 radical (unpaired) electrons. The standard InChI is InChI=1S/C22H27ClN2O3/c1-27-21(26)16-28-14-11-20-15-25(13-12-24-20)22(17-5-3-2-4-6-17)18-7-9-19(23)10-8-18/h2-10,20,22,24H,11-16H2,1H3. The maximum absolute atomic E-state index is 11.2. The van der Waals surface area contributed by atoms with Gasteiger partial charge in [0.1, 0.15) is 6.61 Å². The van der Waals surface area contributed by atoms with E-state index in [4.69, 9.17) is 16.3 Å². The second kappa shape index (κ2) is 10.6. The number of hydrogen-bond donors (Lipinski definition) is 1. The maximum atomic E-state index is 11.2. The minimum absolute atomic E-state index is 0.00431. The highest BCUT2D eigenvalue weighted by molar-refractivity contribution is 6.30. The van der Waals surface area contributed by atoms with Gasteiger partial charge in [-0.1, -0.05) is 54.1 Å². The van der Waals surface area contributed by atoms with Gasteiger partial charge in [0.2, 0.25) is 0 Å². The van der Waals surface area contributed by atoms with Crippen LogP contribution in [0.5, 0.6) is 0 Å². The minimum Gasteiger partial charge on any atom is -0.467 e. The number of ether oxygens (including phenoxy) is 2. The zero-order chi connectivity index (χ0) is 19.8. The lowest BCUT2D eigenvalue weighted by Gasteiger charge is -2.39. The van der Waals surface area contributed by atoms with Gasteiger partial charge < -0.3 is 14.8 Å². The Bertz CT molecular complexity index is 739. The third-order valence-electron chi connectivity index (χ3n) is 5.01. The van der Waals surface area contributed by atoms with Crippen molar-refractivity contribution < 1.29 is 14.3 Å². The molecular formula is C22H27ClN2O3. The number of benzene rings is 2. The summed E-state index contributed by atoms with van der Waals surface area (Å²) in [6, 6.07) is 19.2. The molecule has 1 fully saturated rings. The van der Waals surface area contributed by atoms with Gasteiger partial charge in [-0.15, -0.1) is 0 Å². The van der Waals surface area contributed by atoms with Crippen molar-refractivity contribution in [2.24, 2.45) is 0 Å². The minimum atomic E-state index is -0.342. The molecule has 0 bridgehead atoms. The van der Waals surface area contributed by atoms with Crippen molar-refractivity contribution >= 4 is 17.6 Å². The summed E-state index contributed by atoms with van der Waals surface area (Å²) >= 11 is 6.10. The topological polar surface area (TPSA) is 50.8 Å². The van der Waals surface area contributed by atoms with Crippen molar-refractivity contribution in [2.45, 2.75) is 18.5 Å². The second-order valence-electron chi connectivity index (χ2n) is 6.93. The predicted octanol–water partition coefficient (Wildman–Crippen LogP) is 3.28. The fourth-order valence-electron chi connectivity index (χ4n) is 3.61.